The number of allylic oxidation sites excluding steroid dienone is 9. The lowest BCUT2D eigenvalue weighted by Crippen LogP contribution is -2.30. The molecule has 0 aromatic carbocycles. The van der Waals surface area contributed by atoms with Crippen LogP contribution in [0.25, 0.3) is 0 Å². The number of aliphatic carboxylic acids is 1. The van der Waals surface area contributed by atoms with Crippen LogP contribution >= 0.6 is 0 Å². The van der Waals surface area contributed by atoms with Crippen LogP contribution in [0.1, 0.15) is 45.9 Å². The first kappa shape index (κ1) is 19.4. The molecule has 0 fully saturated rings. The van der Waals surface area contributed by atoms with Crippen LogP contribution in [0.2, 0.25) is 0 Å². The summed E-state index contributed by atoms with van der Waals surface area (Å²) in [4.78, 5) is 10.6. The number of hydrogen-bond donors (Lipinski definition) is 3. The molecule has 0 saturated heterocycles. The number of carbonyl (C=O) groups is 1. The van der Waals surface area contributed by atoms with E-state index in [0.29, 0.717) is 23.6 Å². The number of carboxylic acid groups (broad SMARTS) is 1. The summed E-state index contributed by atoms with van der Waals surface area (Å²) < 4.78 is 0. The minimum atomic E-state index is -0.965. The van der Waals surface area contributed by atoms with Crippen LogP contribution in [0.5, 0.6) is 0 Å². The molecule has 1 atom stereocenters. The Morgan fingerprint density at radius 1 is 1.27 bits per heavy atom. The van der Waals surface area contributed by atoms with Crippen molar-refractivity contribution in [1.82, 2.24) is 20.6 Å². The second-order valence-electron chi connectivity index (χ2n) is 6.61. The van der Waals surface area contributed by atoms with Gasteiger partial charge in [0.25, 0.3) is 0 Å². The standard InChI is InChI=1S/C19H24N4O3/c1-13(6-4-7-14(2)12-17(25)26)9-10-15-16(24)8-5-11-19(15,3)18-20-22-23-21-18/h4,6-7,9-10,12,24H,5,8,11H2,1-3H3,(H,25,26)(H,20,21,22,23)/b7-4+,10-9+,13-6+,14-12+/t19-/m0/s1. The van der Waals surface area contributed by atoms with Crippen molar-refractivity contribution < 1.29 is 15.0 Å². The van der Waals surface area contributed by atoms with E-state index in [1.165, 1.54) is 0 Å². The molecule has 0 spiro atoms. The summed E-state index contributed by atoms with van der Waals surface area (Å²) in [6.45, 7) is 5.67. The maximum Gasteiger partial charge on any atom is 0.328 e. The second-order valence-corrected chi connectivity index (χ2v) is 6.61. The van der Waals surface area contributed by atoms with Crippen LogP contribution in [0.3, 0.4) is 0 Å². The zero-order chi connectivity index (χ0) is 19.2. The lowest BCUT2D eigenvalue weighted by atomic mass is 9.72. The molecule has 7 heteroatoms. The fraction of sp³-hybridized carbons (Fsp3) is 0.368. The Bertz CT molecular complexity index is 801. The first-order valence-corrected chi connectivity index (χ1v) is 8.43. The first-order valence-electron chi connectivity index (χ1n) is 8.43. The van der Waals surface area contributed by atoms with Crippen molar-refractivity contribution in [1.29, 1.82) is 0 Å². The number of hydrogen-bond acceptors (Lipinski definition) is 5. The fourth-order valence-corrected chi connectivity index (χ4v) is 2.97. The summed E-state index contributed by atoms with van der Waals surface area (Å²) in [5, 5.41) is 33.4. The van der Waals surface area contributed by atoms with Crippen LogP contribution in [0.15, 0.2) is 58.9 Å². The van der Waals surface area contributed by atoms with Crippen LogP contribution in [0.4, 0.5) is 0 Å². The monoisotopic (exact) mass is 356 g/mol. The average Bonchev–Trinajstić information content (AvgIpc) is 3.09. The van der Waals surface area contributed by atoms with Gasteiger partial charge in [0, 0.05) is 18.1 Å². The predicted molar refractivity (Wildman–Crippen MR) is 98.5 cm³/mol. The van der Waals surface area contributed by atoms with E-state index in [2.05, 4.69) is 20.6 Å². The maximum absolute atomic E-state index is 10.6. The summed E-state index contributed by atoms with van der Waals surface area (Å²) in [6.07, 6.45) is 12.7. The van der Waals surface area contributed by atoms with Crippen LogP contribution in [-0.2, 0) is 10.2 Å². The molecule has 1 aliphatic rings. The number of tetrazole rings is 1. The van der Waals surface area contributed by atoms with E-state index in [0.717, 1.165) is 30.1 Å². The molecule has 0 radical (unpaired) electrons. The van der Waals surface area contributed by atoms with Gasteiger partial charge in [-0.1, -0.05) is 41.2 Å². The molecule has 7 nitrogen and oxygen atoms in total. The normalized spacial score (nSPS) is 22.6. The highest BCUT2D eigenvalue weighted by Crippen LogP contribution is 2.41. The van der Waals surface area contributed by atoms with Gasteiger partial charge in [0.15, 0.2) is 5.82 Å². The summed E-state index contributed by atoms with van der Waals surface area (Å²) in [5.41, 5.74) is 1.93. The number of aliphatic hydroxyl groups excluding tert-OH is 1. The highest BCUT2D eigenvalue weighted by molar-refractivity contribution is 5.81. The van der Waals surface area contributed by atoms with Crippen molar-refractivity contribution in [2.24, 2.45) is 0 Å². The lowest BCUT2D eigenvalue weighted by Gasteiger charge is -2.32. The summed E-state index contributed by atoms with van der Waals surface area (Å²) in [7, 11) is 0. The second kappa shape index (κ2) is 8.42. The van der Waals surface area contributed by atoms with E-state index in [1.807, 2.05) is 32.1 Å². The molecule has 2 rings (SSSR count). The van der Waals surface area contributed by atoms with Crippen molar-refractivity contribution in [2.45, 2.75) is 45.4 Å². The Kier molecular flexibility index (Phi) is 6.27. The van der Waals surface area contributed by atoms with Gasteiger partial charge in [-0.25, -0.2) is 4.79 Å². The van der Waals surface area contributed by atoms with Gasteiger partial charge in [-0.15, -0.1) is 10.2 Å². The molecule has 1 aromatic rings. The molecule has 138 valence electrons. The van der Waals surface area contributed by atoms with Gasteiger partial charge in [-0.05, 0) is 39.2 Å². The molecule has 3 N–H and O–H groups in total. The van der Waals surface area contributed by atoms with Crippen molar-refractivity contribution in [3.8, 4) is 0 Å². The number of nitrogens with one attached hydrogen (secondary N) is 1. The minimum Gasteiger partial charge on any atom is -0.512 e. The largest absolute Gasteiger partial charge is 0.512 e. The molecule has 1 aromatic heterocycles. The Hall–Kier alpha value is -2.96. The van der Waals surface area contributed by atoms with Gasteiger partial charge in [-0.2, -0.15) is 5.21 Å². The molecule has 26 heavy (non-hydrogen) atoms. The third kappa shape index (κ3) is 4.78. The Balaban J connectivity index is 2.20. The van der Waals surface area contributed by atoms with Gasteiger partial charge in [0.1, 0.15) is 0 Å². The van der Waals surface area contributed by atoms with E-state index in [9.17, 15) is 9.90 Å². The summed E-state index contributed by atoms with van der Waals surface area (Å²) in [5.74, 6) is -0.0454. The summed E-state index contributed by atoms with van der Waals surface area (Å²) >= 11 is 0. The molecule has 0 bridgehead atoms. The molecule has 0 saturated carbocycles. The Morgan fingerprint density at radius 2 is 2.04 bits per heavy atom. The maximum atomic E-state index is 10.6. The highest BCUT2D eigenvalue weighted by Gasteiger charge is 2.38. The van der Waals surface area contributed by atoms with Crippen LogP contribution in [-0.4, -0.2) is 36.8 Å². The number of aromatic nitrogens is 4. The van der Waals surface area contributed by atoms with E-state index in [4.69, 9.17) is 5.11 Å². The molecular weight excluding hydrogens is 332 g/mol. The fourth-order valence-electron chi connectivity index (χ4n) is 2.97. The lowest BCUT2D eigenvalue weighted by molar-refractivity contribution is -0.131. The van der Waals surface area contributed by atoms with Gasteiger partial charge >= 0.3 is 5.97 Å². The van der Waals surface area contributed by atoms with Crippen LogP contribution in [0, 0.1) is 0 Å². The number of nitrogens with zero attached hydrogens (tertiary/aromatic N) is 3. The van der Waals surface area contributed by atoms with E-state index < -0.39 is 11.4 Å². The van der Waals surface area contributed by atoms with Crippen molar-refractivity contribution in [3.63, 3.8) is 0 Å². The van der Waals surface area contributed by atoms with Gasteiger partial charge in [0.2, 0.25) is 0 Å². The molecule has 1 aliphatic carbocycles. The third-order valence-electron chi connectivity index (χ3n) is 4.42. The van der Waals surface area contributed by atoms with E-state index >= 15 is 0 Å². The summed E-state index contributed by atoms with van der Waals surface area (Å²) in [6, 6.07) is 0. The Morgan fingerprint density at radius 3 is 2.69 bits per heavy atom. The van der Waals surface area contributed by atoms with Crippen LogP contribution < -0.4 is 0 Å². The average molecular weight is 356 g/mol. The van der Waals surface area contributed by atoms with Gasteiger partial charge < -0.3 is 10.2 Å². The first-order chi connectivity index (χ1) is 12.3. The molecule has 1 heterocycles. The highest BCUT2D eigenvalue weighted by atomic mass is 16.4. The van der Waals surface area contributed by atoms with Crippen molar-refractivity contribution in [3.05, 3.63) is 64.8 Å². The number of aromatic amines is 1. The van der Waals surface area contributed by atoms with Crippen molar-refractivity contribution in [2.75, 3.05) is 0 Å². The smallest absolute Gasteiger partial charge is 0.328 e. The zero-order valence-electron chi connectivity index (χ0n) is 15.2. The topological polar surface area (TPSA) is 112 Å². The number of carboxylic acids is 1. The van der Waals surface area contributed by atoms with Gasteiger partial charge in [-0.3, -0.25) is 0 Å². The number of rotatable bonds is 6. The number of aliphatic hydroxyl groups is 1. The number of H-pyrrole nitrogens is 1. The van der Waals surface area contributed by atoms with Crippen molar-refractivity contribution >= 4 is 5.97 Å². The van der Waals surface area contributed by atoms with E-state index in [1.54, 1.807) is 19.1 Å². The predicted octanol–water partition coefficient (Wildman–Crippen LogP) is 3.54. The molecular formula is C19H24N4O3. The minimum absolute atomic E-state index is 0.350. The quantitative estimate of drug-likeness (QED) is 0.531. The third-order valence-corrected chi connectivity index (χ3v) is 4.42. The molecule has 0 unspecified atom stereocenters. The van der Waals surface area contributed by atoms with Gasteiger partial charge in [0.05, 0.1) is 11.2 Å². The zero-order valence-corrected chi connectivity index (χ0v) is 15.2. The molecule has 0 aliphatic heterocycles. The Labute approximate surface area is 152 Å². The van der Waals surface area contributed by atoms with E-state index in [-0.39, 0.29) is 0 Å². The molecule has 0 amide bonds. The SMILES string of the molecule is CC(/C=C/C1=C(O)CCC[C@]1(C)c1nn[nH]n1)=C\C=C\C(C)=C\C(=O)O.